The fourth-order valence-corrected chi connectivity index (χ4v) is 6.12. The van der Waals surface area contributed by atoms with E-state index in [1.807, 2.05) is 17.0 Å². The van der Waals surface area contributed by atoms with Crippen LogP contribution in [-0.2, 0) is 0 Å². The van der Waals surface area contributed by atoms with E-state index in [9.17, 15) is 9.59 Å². The summed E-state index contributed by atoms with van der Waals surface area (Å²) < 4.78 is 0. The minimum absolute atomic E-state index is 0.0769. The first-order valence-electron chi connectivity index (χ1n) is 12.0. The van der Waals surface area contributed by atoms with Gasteiger partial charge in [-0.2, -0.15) is 0 Å². The van der Waals surface area contributed by atoms with E-state index in [4.69, 9.17) is 4.98 Å². The van der Waals surface area contributed by atoms with Gasteiger partial charge in [0.25, 0.3) is 5.91 Å². The zero-order valence-corrected chi connectivity index (χ0v) is 20.2. The number of thiophene rings is 1. The van der Waals surface area contributed by atoms with Crippen molar-refractivity contribution in [3.8, 4) is 10.6 Å². The SMILES string of the molecule is CCC1(C(=O)c2c[nH]c3ncc(-c4ccc(C(=O)N5CCN(C)CC5)s4)nc23)CCCCC1. The molecule has 0 radical (unpaired) electrons. The highest BCUT2D eigenvalue weighted by atomic mass is 32.1. The topological polar surface area (TPSA) is 82.2 Å². The van der Waals surface area contributed by atoms with Gasteiger partial charge in [0.05, 0.1) is 27.2 Å². The highest BCUT2D eigenvalue weighted by Crippen LogP contribution is 2.42. The Hall–Kier alpha value is -2.58. The van der Waals surface area contributed by atoms with Crippen molar-refractivity contribution < 1.29 is 9.59 Å². The lowest BCUT2D eigenvalue weighted by atomic mass is 9.68. The van der Waals surface area contributed by atoms with Crippen molar-refractivity contribution in [2.24, 2.45) is 5.41 Å². The minimum atomic E-state index is -0.282. The number of piperazine rings is 1. The largest absolute Gasteiger partial charge is 0.344 e. The van der Waals surface area contributed by atoms with Crippen molar-refractivity contribution >= 4 is 34.2 Å². The summed E-state index contributed by atoms with van der Waals surface area (Å²) in [5.41, 5.74) is 2.34. The van der Waals surface area contributed by atoms with Crippen LogP contribution in [0.2, 0.25) is 0 Å². The average Bonchev–Trinajstić information content (AvgIpc) is 3.51. The van der Waals surface area contributed by atoms with E-state index < -0.39 is 0 Å². The molecule has 174 valence electrons. The average molecular weight is 466 g/mol. The number of aromatic amines is 1. The van der Waals surface area contributed by atoms with Crippen molar-refractivity contribution in [1.29, 1.82) is 0 Å². The van der Waals surface area contributed by atoms with Crippen LogP contribution in [0.5, 0.6) is 0 Å². The number of hydrogen-bond acceptors (Lipinski definition) is 6. The predicted octanol–water partition coefficient (Wildman–Crippen LogP) is 4.62. The quantitative estimate of drug-likeness (QED) is 0.556. The number of rotatable bonds is 5. The molecule has 1 N–H and O–H groups in total. The Morgan fingerprint density at radius 2 is 1.88 bits per heavy atom. The summed E-state index contributed by atoms with van der Waals surface area (Å²) in [6.07, 6.45) is 9.68. The summed E-state index contributed by atoms with van der Waals surface area (Å²) in [6, 6.07) is 3.82. The molecule has 33 heavy (non-hydrogen) atoms. The van der Waals surface area contributed by atoms with E-state index in [2.05, 4.69) is 28.8 Å². The highest BCUT2D eigenvalue weighted by molar-refractivity contribution is 7.17. The molecule has 7 nitrogen and oxygen atoms in total. The minimum Gasteiger partial charge on any atom is -0.344 e. The lowest BCUT2D eigenvalue weighted by molar-refractivity contribution is 0.0668. The number of H-pyrrole nitrogens is 1. The van der Waals surface area contributed by atoms with Crippen LogP contribution >= 0.6 is 11.3 Å². The van der Waals surface area contributed by atoms with Gasteiger partial charge in [-0.1, -0.05) is 26.2 Å². The van der Waals surface area contributed by atoms with E-state index in [0.717, 1.165) is 63.2 Å². The molecule has 1 amide bonds. The summed E-state index contributed by atoms with van der Waals surface area (Å²) in [5.74, 6) is 0.271. The second-order valence-corrected chi connectivity index (χ2v) is 10.5. The van der Waals surface area contributed by atoms with Crippen molar-refractivity contribution in [3.63, 3.8) is 0 Å². The van der Waals surface area contributed by atoms with Crippen LogP contribution in [0.25, 0.3) is 21.7 Å². The van der Waals surface area contributed by atoms with E-state index in [1.54, 1.807) is 12.4 Å². The summed E-state index contributed by atoms with van der Waals surface area (Å²) in [5, 5.41) is 0. The first-order valence-corrected chi connectivity index (χ1v) is 12.8. The maximum absolute atomic E-state index is 13.6. The monoisotopic (exact) mass is 465 g/mol. The molecule has 0 spiro atoms. The van der Waals surface area contributed by atoms with Crippen LogP contribution in [0, 0.1) is 5.41 Å². The Bertz CT molecular complexity index is 1170. The number of Topliss-reactive ketones (excluding diaryl/α,β-unsaturated/α-hetero) is 1. The van der Waals surface area contributed by atoms with Gasteiger partial charge in [-0.25, -0.2) is 9.97 Å². The van der Waals surface area contributed by atoms with E-state index in [-0.39, 0.29) is 17.1 Å². The van der Waals surface area contributed by atoms with Gasteiger partial charge in [-0.3, -0.25) is 9.59 Å². The molecule has 0 bridgehead atoms. The number of nitrogens with one attached hydrogen (secondary N) is 1. The van der Waals surface area contributed by atoms with Gasteiger partial charge in [0, 0.05) is 37.8 Å². The summed E-state index contributed by atoms with van der Waals surface area (Å²) in [4.78, 5) is 44.9. The molecule has 3 aromatic heterocycles. The molecule has 1 aliphatic heterocycles. The summed E-state index contributed by atoms with van der Waals surface area (Å²) in [6.45, 7) is 5.43. The molecule has 0 unspecified atom stereocenters. The smallest absolute Gasteiger partial charge is 0.264 e. The van der Waals surface area contributed by atoms with Crippen LogP contribution in [-0.4, -0.2) is 69.7 Å². The van der Waals surface area contributed by atoms with Crippen LogP contribution in [0.15, 0.2) is 24.5 Å². The number of aromatic nitrogens is 3. The molecule has 0 atom stereocenters. The molecule has 8 heteroatoms. The van der Waals surface area contributed by atoms with Crippen molar-refractivity contribution in [1.82, 2.24) is 24.8 Å². The van der Waals surface area contributed by atoms with Gasteiger partial charge in [-0.15, -0.1) is 11.3 Å². The second-order valence-electron chi connectivity index (χ2n) is 9.44. The van der Waals surface area contributed by atoms with Crippen molar-refractivity contribution in [3.05, 3.63) is 35.0 Å². The normalized spacial score (nSPS) is 19.2. The number of carbonyl (C=O) groups is 2. The maximum atomic E-state index is 13.6. The van der Waals surface area contributed by atoms with Gasteiger partial charge in [-0.05, 0) is 38.4 Å². The van der Waals surface area contributed by atoms with E-state index in [0.29, 0.717) is 27.3 Å². The first kappa shape index (κ1) is 22.2. The number of fused-ring (bicyclic) bond motifs is 1. The predicted molar refractivity (Wildman–Crippen MR) is 131 cm³/mol. The highest BCUT2D eigenvalue weighted by Gasteiger charge is 2.39. The molecule has 5 rings (SSSR count). The van der Waals surface area contributed by atoms with E-state index >= 15 is 0 Å². The molecule has 4 heterocycles. The van der Waals surface area contributed by atoms with Gasteiger partial charge >= 0.3 is 0 Å². The molecule has 0 aromatic carbocycles. The van der Waals surface area contributed by atoms with Gasteiger partial charge in [0.1, 0.15) is 5.52 Å². The van der Waals surface area contributed by atoms with Crippen LogP contribution in [0.4, 0.5) is 0 Å². The zero-order chi connectivity index (χ0) is 23.0. The fourth-order valence-electron chi connectivity index (χ4n) is 5.19. The second kappa shape index (κ2) is 8.99. The number of ketones is 1. The number of carbonyl (C=O) groups excluding carboxylic acids is 2. The van der Waals surface area contributed by atoms with Crippen LogP contribution in [0.1, 0.15) is 65.5 Å². The molecule has 1 saturated heterocycles. The Kier molecular flexibility index (Phi) is 6.05. The van der Waals surface area contributed by atoms with Gasteiger partial charge in [0.15, 0.2) is 11.4 Å². The van der Waals surface area contributed by atoms with Crippen LogP contribution in [0.3, 0.4) is 0 Å². The number of nitrogens with zero attached hydrogens (tertiary/aromatic N) is 4. The molecular weight excluding hydrogens is 434 g/mol. The fraction of sp³-hybridized carbons (Fsp3) is 0.520. The van der Waals surface area contributed by atoms with E-state index in [1.165, 1.54) is 17.8 Å². The summed E-state index contributed by atoms with van der Waals surface area (Å²) >= 11 is 1.44. The molecule has 1 saturated carbocycles. The standard InChI is InChI=1S/C25H31N5O2S/c1-3-25(9-5-4-6-10-25)22(31)17-15-26-23-21(17)28-18(16-27-23)19-7-8-20(33-19)24(32)30-13-11-29(2)12-14-30/h7-8,15-16H,3-6,9-14H2,1-2H3,(H,26,27). The maximum Gasteiger partial charge on any atom is 0.264 e. The number of amides is 1. The van der Waals surface area contributed by atoms with Crippen molar-refractivity contribution in [2.75, 3.05) is 33.2 Å². The van der Waals surface area contributed by atoms with Gasteiger partial charge < -0.3 is 14.8 Å². The van der Waals surface area contributed by atoms with Gasteiger partial charge in [0.2, 0.25) is 0 Å². The zero-order valence-electron chi connectivity index (χ0n) is 19.4. The Morgan fingerprint density at radius 1 is 1.12 bits per heavy atom. The number of hydrogen-bond donors (Lipinski definition) is 1. The Balaban J connectivity index is 1.42. The third-order valence-electron chi connectivity index (χ3n) is 7.45. The molecule has 1 aliphatic carbocycles. The lowest BCUT2D eigenvalue weighted by Crippen LogP contribution is -2.46. The molecular formula is C25H31N5O2S. The Labute approximate surface area is 198 Å². The first-order chi connectivity index (χ1) is 16.0. The third kappa shape index (κ3) is 4.10. The lowest BCUT2D eigenvalue weighted by Gasteiger charge is -2.34. The third-order valence-corrected chi connectivity index (χ3v) is 8.55. The van der Waals surface area contributed by atoms with Crippen LogP contribution < -0.4 is 0 Å². The van der Waals surface area contributed by atoms with Crippen molar-refractivity contribution in [2.45, 2.75) is 45.4 Å². The Morgan fingerprint density at radius 3 is 2.61 bits per heavy atom. The molecule has 3 aromatic rings. The molecule has 2 fully saturated rings. The number of likely N-dealkylation sites (N-methyl/N-ethyl adjacent to an activating group) is 1. The summed E-state index contributed by atoms with van der Waals surface area (Å²) in [7, 11) is 2.08. The molecule has 2 aliphatic rings.